The van der Waals surface area contributed by atoms with Gasteiger partial charge in [0.05, 0.1) is 19.3 Å². The van der Waals surface area contributed by atoms with Crippen LogP contribution in [0.3, 0.4) is 0 Å². The molecule has 2 aromatic rings. The fourth-order valence-corrected chi connectivity index (χ4v) is 2.54. The van der Waals surface area contributed by atoms with Crippen molar-refractivity contribution in [1.29, 1.82) is 0 Å². The quantitative estimate of drug-likeness (QED) is 0.773. The first kappa shape index (κ1) is 18.3. The summed E-state index contributed by atoms with van der Waals surface area (Å²) in [5, 5.41) is 2.99. The van der Waals surface area contributed by atoms with E-state index in [1.807, 2.05) is 45.0 Å². The van der Waals surface area contributed by atoms with Crippen LogP contribution in [0, 0.1) is 0 Å². The monoisotopic (exact) mass is 391 g/mol. The van der Waals surface area contributed by atoms with Gasteiger partial charge in [-0.25, -0.2) is 0 Å². The SMILES string of the molecule is COc1cc(C(=O)N[C@@H](C)c2ccc(Br)cc2)ccc1OC(C)C. The van der Waals surface area contributed by atoms with Crippen molar-refractivity contribution in [2.24, 2.45) is 0 Å². The molecule has 24 heavy (non-hydrogen) atoms. The maximum atomic E-state index is 12.5. The van der Waals surface area contributed by atoms with Gasteiger partial charge in [0.15, 0.2) is 11.5 Å². The summed E-state index contributed by atoms with van der Waals surface area (Å²) in [5.41, 5.74) is 1.57. The molecule has 0 aromatic heterocycles. The molecule has 0 saturated heterocycles. The van der Waals surface area contributed by atoms with Crippen LogP contribution in [0.15, 0.2) is 46.9 Å². The molecule has 1 atom stereocenters. The highest BCUT2D eigenvalue weighted by atomic mass is 79.9. The first-order chi connectivity index (χ1) is 11.4. The lowest BCUT2D eigenvalue weighted by molar-refractivity contribution is 0.0939. The second kappa shape index (κ2) is 8.20. The fourth-order valence-electron chi connectivity index (χ4n) is 2.27. The molecule has 1 amide bonds. The van der Waals surface area contributed by atoms with E-state index >= 15 is 0 Å². The zero-order valence-electron chi connectivity index (χ0n) is 14.3. The standard InChI is InChI=1S/C19H22BrNO3/c1-12(2)24-17-10-7-15(11-18(17)23-4)19(22)21-13(3)14-5-8-16(20)9-6-14/h5-13H,1-4H3,(H,21,22)/t13-/m0/s1. The molecule has 0 unspecified atom stereocenters. The third kappa shape index (κ3) is 4.74. The number of halogens is 1. The summed E-state index contributed by atoms with van der Waals surface area (Å²) in [7, 11) is 1.56. The van der Waals surface area contributed by atoms with Gasteiger partial charge < -0.3 is 14.8 Å². The van der Waals surface area contributed by atoms with E-state index in [0.29, 0.717) is 17.1 Å². The van der Waals surface area contributed by atoms with Crippen molar-refractivity contribution in [3.05, 3.63) is 58.1 Å². The number of amides is 1. The Morgan fingerprint density at radius 3 is 2.29 bits per heavy atom. The molecule has 0 fully saturated rings. The van der Waals surface area contributed by atoms with Crippen molar-refractivity contribution in [2.75, 3.05) is 7.11 Å². The van der Waals surface area contributed by atoms with Gasteiger partial charge in [0.25, 0.3) is 5.91 Å². The van der Waals surface area contributed by atoms with E-state index in [4.69, 9.17) is 9.47 Å². The lowest BCUT2D eigenvalue weighted by Gasteiger charge is -2.17. The Bertz CT molecular complexity index is 698. The van der Waals surface area contributed by atoms with Gasteiger partial charge in [-0.3, -0.25) is 4.79 Å². The molecule has 0 radical (unpaired) electrons. The van der Waals surface area contributed by atoms with E-state index in [1.165, 1.54) is 0 Å². The highest BCUT2D eigenvalue weighted by Crippen LogP contribution is 2.29. The van der Waals surface area contributed by atoms with Gasteiger partial charge in [-0.15, -0.1) is 0 Å². The number of carbonyl (C=O) groups excluding carboxylic acids is 1. The highest BCUT2D eigenvalue weighted by molar-refractivity contribution is 9.10. The van der Waals surface area contributed by atoms with Crippen LogP contribution >= 0.6 is 15.9 Å². The molecule has 5 heteroatoms. The van der Waals surface area contributed by atoms with Crippen LogP contribution in [-0.4, -0.2) is 19.1 Å². The van der Waals surface area contributed by atoms with Gasteiger partial charge >= 0.3 is 0 Å². The van der Waals surface area contributed by atoms with Crippen LogP contribution < -0.4 is 14.8 Å². The number of ether oxygens (including phenoxy) is 2. The van der Waals surface area contributed by atoms with Crippen LogP contribution in [0.4, 0.5) is 0 Å². The number of hydrogen-bond donors (Lipinski definition) is 1. The normalized spacial score (nSPS) is 11.9. The van der Waals surface area contributed by atoms with Crippen molar-refractivity contribution >= 4 is 21.8 Å². The summed E-state index contributed by atoms with van der Waals surface area (Å²) in [6.45, 7) is 5.84. The molecule has 128 valence electrons. The van der Waals surface area contributed by atoms with E-state index in [0.717, 1.165) is 10.0 Å². The zero-order valence-corrected chi connectivity index (χ0v) is 15.9. The van der Waals surface area contributed by atoms with Gasteiger partial charge in [0.1, 0.15) is 0 Å². The molecule has 0 saturated carbocycles. The van der Waals surface area contributed by atoms with Crippen molar-refractivity contribution in [1.82, 2.24) is 5.32 Å². The summed E-state index contributed by atoms with van der Waals surface area (Å²) in [6.07, 6.45) is 0.0380. The molecule has 0 heterocycles. The van der Waals surface area contributed by atoms with E-state index in [9.17, 15) is 4.79 Å². The lowest BCUT2D eigenvalue weighted by atomic mass is 10.1. The van der Waals surface area contributed by atoms with Crippen LogP contribution in [-0.2, 0) is 0 Å². The van der Waals surface area contributed by atoms with Crippen LogP contribution in [0.25, 0.3) is 0 Å². The summed E-state index contributed by atoms with van der Waals surface area (Å²) in [4.78, 5) is 12.5. The largest absolute Gasteiger partial charge is 0.493 e. The first-order valence-electron chi connectivity index (χ1n) is 7.81. The summed E-state index contributed by atoms with van der Waals surface area (Å²) >= 11 is 3.41. The maximum absolute atomic E-state index is 12.5. The van der Waals surface area contributed by atoms with Crippen molar-refractivity contribution < 1.29 is 14.3 Å². The Hall–Kier alpha value is -2.01. The predicted octanol–water partition coefficient (Wildman–Crippen LogP) is 4.74. The number of carbonyl (C=O) groups is 1. The fraction of sp³-hybridized carbons (Fsp3) is 0.316. The van der Waals surface area contributed by atoms with Gasteiger partial charge in [0, 0.05) is 10.0 Å². The Morgan fingerprint density at radius 2 is 1.71 bits per heavy atom. The minimum absolute atomic E-state index is 0.0380. The Labute approximate surface area is 151 Å². The van der Waals surface area contributed by atoms with E-state index in [-0.39, 0.29) is 18.1 Å². The highest BCUT2D eigenvalue weighted by Gasteiger charge is 2.15. The van der Waals surface area contributed by atoms with Gasteiger partial charge in [-0.05, 0) is 56.7 Å². The van der Waals surface area contributed by atoms with Gasteiger partial charge in [-0.1, -0.05) is 28.1 Å². The molecule has 1 N–H and O–H groups in total. The summed E-state index contributed by atoms with van der Waals surface area (Å²) < 4.78 is 12.0. The third-order valence-electron chi connectivity index (χ3n) is 3.51. The smallest absolute Gasteiger partial charge is 0.251 e. The number of hydrogen-bond acceptors (Lipinski definition) is 3. The second-order valence-corrected chi connectivity index (χ2v) is 6.69. The Kier molecular flexibility index (Phi) is 6.26. The Morgan fingerprint density at radius 1 is 1.04 bits per heavy atom. The van der Waals surface area contributed by atoms with Crippen LogP contribution in [0.2, 0.25) is 0 Å². The topological polar surface area (TPSA) is 47.6 Å². The van der Waals surface area contributed by atoms with E-state index in [2.05, 4.69) is 21.2 Å². The molecule has 0 bridgehead atoms. The number of methoxy groups -OCH3 is 1. The van der Waals surface area contributed by atoms with E-state index in [1.54, 1.807) is 25.3 Å². The predicted molar refractivity (Wildman–Crippen MR) is 98.8 cm³/mol. The van der Waals surface area contributed by atoms with Crippen LogP contribution in [0.1, 0.15) is 42.7 Å². The molecule has 4 nitrogen and oxygen atoms in total. The van der Waals surface area contributed by atoms with Crippen LogP contribution in [0.5, 0.6) is 11.5 Å². The number of rotatable bonds is 6. The molecule has 2 aromatic carbocycles. The first-order valence-corrected chi connectivity index (χ1v) is 8.61. The summed E-state index contributed by atoms with van der Waals surface area (Å²) in [5.74, 6) is 1.03. The van der Waals surface area contributed by atoms with E-state index < -0.39 is 0 Å². The molecule has 0 aliphatic carbocycles. The second-order valence-electron chi connectivity index (χ2n) is 5.78. The van der Waals surface area contributed by atoms with Crippen molar-refractivity contribution in [2.45, 2.75) is 32.9 Å². The van der Waals surface area contributed by atoms with Gasteiger partial charge in [-0.2, -0.15) is 0 Å². The number of benzene rings is 2. The third-order valence-corrected chi connectivity index (χ3v) is 4.03. The van der Waals surface area contributed by atoms with Crippen molar-refractivity contribution in [3.8, 4) is 11.5 Å². The minimum atomic E-state index is -0.153. The Balaban J connectivity index is 2.12. The number of nitrogens with one attached hydrogen (secondary N) is 1. The molecular formula is C19H22BrNO3. The molecule has 0 spiro atoms. The molecular weight excluding hydrogens is 370 g/mol. The summed E-state index contributed by atoms with van der Waals surface area (Å²) in [6, 6.07) is 13.0. The maximum Gasteiger partial charge on any atom is 0.251 e. The zero-order chi connectivity index (χ0) is 17.7. The minimum Gasteiger partial charge on any atom is -0.493 e. The average molecular weight is 392 g/mol. The average Bonchev–Trinajstić information content (AvgIpc) is 2.55. The molecule has 2 rings (SSSR count). The molecule has 0 aliphatic heterocycles. The lowest BCUT2D eigenvalue weighted by Crippen LogP contribution is -2.26. The van der Waals surface area contributed by atoms with Gasteiger partial charge in [0.2, 0.25) is 0 Å². The van der Waals surface area contributed by atoms with Crippen molar-refractivity contribution in [3.63, 3.8) is 0 Å². The molecule has 0 aliphatic rings.